The van der Waals surface area contributed by atoms with Crippen LogP contribution >= 0.6 is 0 Å². The van der Waals surface area contributed by atoms with Crippen molar-refractivity contribution in [3.8, 4) is 0 Å². The Balaban J connectivity index is 1.29. The van der Waals surface area contributed by atoms with Gasteiger partial charge in [0.25, 0.3) is 0 Å². The number of nitrogens with zero attached hydrogens (tertiary/aromatic N) is 3. The van der Waals surface area contributed by atoms with Crippen LogP contribution in [0.5, 0.6) is 0 Å². The fourth-order valence-electron chi connectivity index (χ4n) is 4.03. The lowest BCUT2D eigenvalue weighted by molar-refractivity contribution is 0.208. The highest BCUT2D eigenvalue weighted by Gasteiger charge is 2.21. The standard InChI is InChI=1S/C23H30N4O/c1-19-5-7-20(8-6-19)24-23(28)27-17-15-26(16-18-27)22-11-9-21(10-12-22)25-13-3-2-4-14-25/h5-12H,2-4,13-18H2,1H3,(H,24,28). The Morgan fingerprint density at radius 3 is 1.82 bits per heavy atom. The molecule has 2 aromatic rings. The maximum absolute atomic E-state index is 12.5. The van der Waals surface area contributed by atoms with Gasteiger partial charge in [-0.25, -0.2) is 4.79 Å². The van der Waals surface area contributed by atoms with Gasteiger partial charge >= 0.3 is 6.03 Å². The zero-order valence-corrected chi connectivity index (χ0v) is 16.7. The van der Waals surface area contributed by atoms with E-state index in [1.807, 2.05) is 36.1 Å². The number of hydrogen-bond acceptors (Lipinski definition) is 3. The van der Waals surface area contributed by atoms with E-state index in [2.05, 4.69) is 39.4 Å². The van der Waals surface area contributed by atoms with Crippen molar-refractivity contribution >= 4 is 23.1 Å². The van der Waals surface area contributed by atoms with Crippen molar-refractivity contribution < 1.29 is 4.79 Å². The molecule has 0 saturated carbocycles. The number of amides is 2. The average molecular weight is 379 g/mol. The van der Waals surface area contributed by atoms with E-state index in [0.29, 0.717) is 0 Å². The van der Waals surface area contributed by atoms with Gasteiger partial charge in [0.15, 0.2) is 0 Å². The van der Waals surface area contributed by atoms with Crippen LogP contribution in [-0.2, 0) is 0 Å². The van der Waals surface area contributed by atoms with E-state index in [1.165, 1.54) is 49.3 Å². The van der Waals surface area contributed by atoms with E-state index in [9.17, 15) is 4.79 Å². The molecule has 2 fully saturated rings. The zero-order valence-electron chi connectivity index (χ0n) is 16.7. The largest absolute Gasteiger partial charge is 0.372 e. The molecule has 0 atom stereocenters. The minimum atomic E-state index is -0.0102. The number of piperidine rings is 1. The van der Waals surface area contributed by atoms with Crippen molar-refractivity contribution in [2.45, 2.75) is 26.2 Å². The number of aryl methyl sites for hydroxylation is 1. The van der Waals surface area contributed by atoms with E-state index >= 15 is 0 Å². The van der Waals surface area contributed by atoms with Crippen molar-refractivity contribution in [2.75, 3.05) is 54.4 Å². The molecule has 2 heterocycles. The first-order chi connectivity index (χ1) is 13.7. The molecular weight excluding hydrogens is 348 g/mol. The maximum Gasteiger partial charge on any atom is 0.321 e. The van der Waals surface area contributed by atoms with Gasteiger partial charge in [-0.2, -0.15) is 0 Å². The Bertz CT molecular complexity index is 773. The van der Waals surface area contributed by atoms with Crippen LogP contribution < -0.4 is 15.1 Å². The molecule has 2 saturated heterocycles. The minimum Gasteiger partial charge on any atom is -0.372 e. The molecule has 4 rings (SSSR count). The van der Waals surface area contributed by atoms with E-state index in [0.717, 1.165) is 31.9 Å². The Morgan fingerprint density at radius 1 is 0.714 bits per heavy atom. The molecule has 0 aromatic heterocycles. The molecule has 2 aliphatic rings. The number of hydrogen-bond donors (Lipinski definition) is 1. The van der Waals surface area contributed by atoms with Gasteiger partial charge in [-0.1, -0.05) is 17.7 Å². The zero-order chi connectivity index (χ0) is 19.3. The third-order valence-electron chi connectivity index (χ3n) is 5.81. The SMILES string of the molecule is Cc1ccc(NC(=O)N2CCN(c3ccc(N4CCCCC4)cc3)CC2)cc1. The van der Waals surface area contributed by atoms with E-state index in [1.54, 1.807) is 0 Å². The Morgan fingerprint density at radius 2 is 1.25 bits per heavy atom. The van der Waals surface area contributed by atoms with E-state index in [-0.39, 0.29) is 6.03 Å². The lowest BCUT2D eigenvalue weighted by Crippen LogP contribution is -2.50. The highest BCUT2D eigenvalue weighted by molar-refractivity contribution is 5.89. The monoisotopic (exact) mass is 378 g/mol. The molecule has 2 aromatic carbocycles. The number of anilines is 3. The van der Waals surface area contributed by atoms with Crippen LogP contribution in [0.15, 0.2) is 48.5 Å². The van der Waals surface area contributed by atoms with Gasteiger partial charge < -0.3 is 20.0 Å². The van der Waals surface area contributed by atoms with Crippen molar-refractivity contribution in [1.82, 2.24) is 4.90 Å². The number of carbonyl (C=O) groups is 1. The summed E-state index contributed by atoms with van der Waals surface area (Å²) in [4.78, 5) is 19.3. The quantitative estimate of drug-likeness (QED) is 0.863. The maximum atomic E-state index is 12.5. The molecule has 148 valence electrons. The van der Waals surface area contributed by atoms with Gasteiger partial charge in [0.2, 0.25) is 0 Å². The number of urea groups is 1. The summed E-state index contributed by atoms with van der Waals surface area (Å²) in [5.74, 6) is 0. The second kappa shape index (κ2) is 8.55. The third-order valence-corrected chi connectivity index (χ3v) is 5.81. The molecule has 0 unspecified atom stereocenters. The summed E-state index contributed by atoms with van der Waals surface area (Å²) >= 11 is 0. The number of rotatable bonds is 3. The molecule has 0 bridgehead atoms. The van der Waals surface area contributed by atoms with Crippen LogP contribution in [0.3, 0.4) is 0 Å². The second-order valence-corrected chi connectivity index (χ2v) is 7.83. The van der Waals surface area contributed by atoms with Crippen molar-refractivity contribution in [3.05, 3.63) is 54.1 Å². The van der Waals surface area contributed by atoms with Crippen LogP contribution in [0.4, 0.5) is 21.9 Å². The van der Waals surface area contributed by atoms with Crippen molar-refractivity contribution in [3.63, 3.8) is 0 Å². The molecule has 5 heteroatoms. The molecule has 1 N–H and O–H groups in total. The molecule has 0 radical (unpaired) electrons. The average Bonchev–Trinajstić information content (AvgIpc) is 2.76. The molecular formula is C23H30N4O. The van der Waals surface area contributed by atoms with Gasteiger partial charge in [0, 0.05) is 56.3 Å². The first-order valence-corrected chi connectivity index (χ1v) is 10.4. The van der Waals surface area contributed by atoms with E-state index < -0.39 is 0 Å². The first kappa shape index (κ1) is 18.7. The summed E-state index contributed by atoms with van der Waals surface area (Å²) in [6.07, 6.45) is 3.96. The highest BCUT2D eigenvalue weighted by atomic mass is 16.2. The summed E-state index contributed by atoms with van der Waals surface area (Å²) < 4.78 is 0. The normalized spacial score (nSPS) is 17.5. The van der Waals surface area contributed by atoms with Gasteiger partial charge in [0.1, 0.15) is 0 Å². The van der Waals surface area contributed by atoms with Crippen LogP contribution in [0.1, 0.15) is 24.8 Å². The summed E-state index contributed by atoms with van der Waals surface area (Å²) in [5, 5.41) is 3.00. The lowest BCUT2D eigenvalue weighted by atomic mass is 10.1. The summed E-state index contributed by atoms with van der Waals surface area (Å²) in [7, 11) is 0. The molecule has 5 nitrogen and oxygen atoms in total. The topological polar surface area (TPSA) is 38.8 Å². The lowest BCUT2D eigenvalue weighted by Gasteiger charge is -2.36. The number of nitrogens with one attached hydrogen (secondary N) is 1. The predicted octanol–water partition coefficient (Wildman–Crippen LogP) is 4.34. The predicted molar refractivity (Wildman–Crippen MR) is 116 cm³/mol. The highest BCUT2D eigenvalue weighted by Crippen LogP contribution is 2.24. The number of piperazine rings is 1. The first-order valence-electron chi connectivity index (χ1n) is 10.4. The fourth-order valence-corrected chi connectivity index (χ4v) is 4.03. The van der Waals surface area contributed by atoms with E-state index in [4.69, 9.17) is 0 Å². The Labute approximate surface area is 167 Å². The smallest absolute Gasteiger partial charge is 0.321 e. The van der Waals surface area contributed by atoms with Gasteiger partial charge in [-0.15, -0.1) is 0 Å². The fraction of sp³-hybridized carbons (Fsp3) is 0.435. The number of carbonyl (C=O) groups excluding carboxylic acids is 1. The van der Waals surface area contributed by atoms with Gasteiger partial charge in [-0.05, 0) is 62.6 Å². The molecule has 0 aliphatic carbocycles. The summed E-state index contributed by atoms with van der Waals surface area (Å²) in [5.41, 5.74) is 4.63. The van der Waals surface area contributed by atoms with Crippen molar-refractivity contribution in [2.24, 2.45) is 0 Å². The van der Waals surface area contributed by atoms with Gasteiger partial charge in [-0.3, -0.25) is 0 Å². The molecule has 28 heavy (non-hydrogen) atoms. The Kier molecular flexibility index (Phi) is 5.70. The van der Waals surface area contributed by atoms with Crippen LogP contribution in [0.25, 0.3) is 0 Å². The Hall–Kier alpha value is -2.69. The minimum absolute atomic E-state index is 0.0102. The van der Waals surface area contributed by atoms with Gasteiger partial charge in [0.05, 0.1) is 0 Å². The summed E-state index contributed by atoms with van der Waals surface area (Å²) in [6, 6.07) is 16.9. The molecule has 2 aliphatic heterocycles. The van der Waals surface area contributed by atoms with Crippen LogP contribution in [0, 0.1) is 6.92 Å². The number of benzene rings is 2. The molecule has 2 amide bonds. The summed E-state index contributed by atoms with van der Waals surface area (Å²) in [6.45, 7) is 7.61. The van der Waals surface area contributed by atoms with Crippen molar-refractivity contribution in [1.29, 1.82) is 0 Å². The molecule has 0 spiro atoms. The second-order valence-electron chi connectivity index (χ2n) is 7.83. The van der Waals surface area contributed by atoms with Crippen LogP contribution in [-0.4, -0.2) is 50.2 Å². The van der Waals surface area contributed by atoms with Crippen LogP contribution in [0.2, 0.25) is 0 Å². The third kappa shape index (κ3) is 4.41.